The van der Waals surface area contributed by atoms with Crippen molar-refractivity contribution in [3.63, 3.8) is 0 Å². The number of aliphatic hydroxyl groups excluding tert-OH is 2. The minimum atomic E-state index is -0.170. The molecule has 11 atom stereocenters. The first kappa shape index (κ1) is 35.6. The quantitative estimate of drug-likeness (QED) is 0.112. The van der Waals surface area contributed by atoms with E-state index in [1.807, 2.05) is 0 Å². The SMILES string of the molecule is CC(C)[C@H](O)CC[C@@H](C)[C@H]1CCC2C3C(CC[C@@]21C)[C@@]1(C)CC[C@H](NCCCNCCCCNCCCN)C[C@@H]1C[C@H]3O. The molecular weight excluding hydrogens is 532 g/mol. The molecule has 252 valence electrons. The van der Waals surface area contributed by atoms with E-state index < -0.39 is 0 Å². The molecule has 43 heavy (non-hydrogen) atoms. The molecule has 4 aliphatic rings. The van der Waals surface area contributed by atoms with Gasteiger partial charge in [-0.2, -0.15) is 0 Å². The van der Waals surface area contributed by atoms with E-state index in [2.05, 4.69) is 50.6 Å². The third-order valence-electron chi connectivity index (χ3n) is 13.6. The van der Waals surface area contributed by atoms with Crippen molar-refractivity contribution in [2.45, 2.75) is 143 Å². The van der Waals surface area contributed by atoms with Crippen molar-refractivity contribution in [2.75, 3.05) is 39.3 Å². The van der Waals surface area contributed by atoms with Gasteiger partial charge in [0.05, 0.1) is 12.2 Å². The highest BCUT2D eigenvalue weighted by molar-refractivity contribution is 5.12. The van der Waals surface area contributed by atoms with E-state index >= 15 is 0 Å². The van der Waals surface area contributed by atoms with Gasteiger partial charge < -0.3 is 31.9 Å². The van der Waals surface area contributed by atoms with Crippen LogP contribution in [0.1, 0.15) is 125 Å². The van der Waals surface area contributed by atoms with Crippen molar-refractivity contribution >= 4 is 0 Å². The van der Waals surface area contributed by atoms with Crippen LogP contribution in [0.25, 0.3) is 0 Å². The lowest BCUT2D eigenvalue weighted by Crippen LogP contribution is -2.59. The van der Waals surface area contributed by atoms with Crippen molar-refractivity contribution in [3.05, 3.63) is 0 Å². The Morgan fingerprint density at radius 1 is 0.767 bits per heavy atom. The number of hydrogen-bond donors (Lipinski definition) is 6. The number of rotatable bonds is 18. The highest BCUT2D eigenvalue weighted by Gasteiger charge is 2.62. The summed E-state index contributed by atoms with van der Waals surface area (Å²) >= 11 is 0. The van der Waals surface area contributed by atoms with Gasteiger partial charge in [-0.1, -0.05) is 34.6 Å². The zero-order valence-electron chi connectivity index (χ0n) is 28.9. The fourth-order valence-corrected chi connectivity index (χ4v) is 10.8. The minimum absolute atomic E-state index is 0.122. The van der Waals surface area contributed by atoms with E-state index in [1.54, 1.807) is 0 Å². The molecule has 0 aliphatic heterocycles. The van der Waals surface area contributed by atoms with Gasteiger partial charge in [0.2, 0.25) is 0 Å². The lowest BCUT2D eigenvalue weighted by molar-refractivity contribution is -0.167. The highest BCUT2D eigenvalue weighted by Crippen LogP contribution is 2.68. The standard InChI is InChI=1S/C37H72N4O2/c1-26(2)33(42)13-10-27(3)30-11-12-31-35-32(15-17-37(30,31)5)36(4)16-14-29(24-28(36)25-34(35)43)41-23-9-22-40-20-7-6-19-39-21-8-18-38/h26-35,39-43H,6-25,38H2,1-5H3/t27-,28-,29+,30-,31?,32?,33-,34-,35?,36+,37-/m1/s1. The molecule has 6 nitrogen and oxygen atoms in total. The normalized spacial score (nSPS) is 38.9. The Morgan fingerprint density at radius 3 is 2.12 bits per heavy atom. The fraction of sp³-hybridized carbons (Fsp3) is 1.00. The monoisotopic (exact) mass is 605 g/mol. The summed E-state index contributed by atoms with van der Waals surface area (Å²) in [7, 11) is 0. The molecule has 0 heterocycles. The summed E-state index contributed by atoms with van der Waals surface area (Å²) in [6.45, 7) is 18.2. The van der Waals surface area contributed by atoms with E-state index in [0.717, 1.165) is 70.9 Å². The van der Waals surface area contributed by atoms with Crippen molar-refractivity contribution in [1.29, 1.82) is 0 Å². The largest absolute Gasteiger partial charge is 0.393 e. The fourth-order valence-electron chi connectivity index (χ4n) is 10.8. The van der Waals surface area contributed by atoms with Crippen molar-refractivity contribution in [2.24, 2.45) is 58.0 Å². The second-order valence-corrected chi connectivity index (χ2v) is 16.5. The lowest BCUT2D eigenvalue weighted by atomic mass is 9.43. The lowest BCUT2D eigenvalue weighted by Gasteiger charge is -2.62. The summed E-state index contributed by atoms with van der Waals surface area (Å²) in [4.78, 5) is 0. The van der Waals surface area contributed by atoms with Crippen molar-refractivity contribution < 1.29 is 10.2 Å². The minimum Gasteiger partial charge on any atom is -0.393 e. The van der Waals surface area contributed by atoms with Crippen LogP contribution >= 0.6 is 0 Å². The Hall–Kier alpha value is -0.240. The molecule has 0 aromatic carbocycles. The Balaban J connectivity index is 1.20. The van der Waals surface area contributed by atoms with E-state index in [4.69, 9.17) is 5.73 Å². The molecule has 3 unspecified atom stereocenters. The van der Waals surface area contributed by atoms with Crippen molar-refractivity contribution in [1.82, 2.24) is 16.0 Å². The van der Waals surface area contributed by atoms with Crippen LogP contribution in [0.15, 0.2) is 0 Å². The molecule has 0 spiro atoms. The summed E-state index contributed by atoms with van der Waals surface area (Å²) < 4.78 is 0. The van der Waals surface area contributed by atoms with Crippen LogP contribution < -0.4 is 21.7 Å². The van der Waals surface area contributed by atoms with E-state index in [1.165, 1.54) is 64.2 Å². The maximum absolute atomic E-state index is 11.8. The Kier molecular flexibility index (Phi) is 13.7. The van der Waals surface area contributed by atoms with Gasteiger partial charge in [-0.25, -0.2) is 0 Å². The first-order valence-corrected chi connectivity index (χ1v) is 18.8. The van der Waals surface area contributed by atoms with E-state index in [9.17, 15) is 10.2 Å². The molecule has 4 aliphatic carbocycles. The number of nitrogens with two attached hydrogens (primary N) is 1. The van der Waals surface area contributed by atoms with Gasteiger partial charge in [0.15, 0.2) is 0 Å². The van der Waals surface area contributed by atoms with Gasteiger partial charge in [0.25, 0.3) is 0 Å². The molecular formula is C37H72N4O2. The second-order valence-electron chi connectivity index (χ2n) is 16.5. The van der Waals surface area contributed by atoms with Crippen LogP contribution in [0.5, 0.6) is 0 Å². The maximum Gasteiger partial charge on any atom is 0.0577 e. The summed E-state index contributed by atoms with van der Waals surface area (Å²) in [6.07, 6.45) is 16.7. The van der Waals surface area contributed by atoms with Crippen LogP contribution in [-0.4, -0.2) is 67.7 Å². The first-order chi connectivity index (χ1) is 20.6. The van der Waals surface area contributed by atoms with Crippen LogP contribution in [0.3, 0.4) is 0 Å². The van der Waals surface area contributed by atoms with E-state index in [0.29, 0.717) is 52.4 Å². The van der Waals surface area contributed by atoms with Gasteiger partial charge >= 0.3 is 0 Å². The zero-order chi connectivity index (χ0) is 31.0. The summed E-state index contributed by atoms with van der Waals surface area (Å²) in [5.41, 5.74) is 6.30. The summed E-state index contributed by atoms with van der Waals surface area (Å²) in [6, 6.07) is 0.619. The zero-order valence-corrected chi connectivity index (χ0v) is 28.9. The molecule has 0 bridgehead atoms. The smallest absolute Gasteiger partial charge is 0.0577 e. The highest BCUT2D eigenvalue weighted by atomic mass is 16.3. The van der Waals surface area contributed by atoms with Crippen LogP contribution in [0.4, 0.5) is 0 Å². The van der Waals surface area contributed by atoms with Crippen LogP contribution in [0.2, 0.25) is 0 Å². The van der Waals surface area contributed by atoms with Crippen molar-refractivity contribution in [3.8, 4) is 0 Å². The first-order valence-electron chi connectivity index (χ1n) is 18.8. The van der Waals surface area contributed by atoms with Crippen LogP contribution in [0, 0.1) is 52.3 Å². The molecule has 0 radical (unpaired) electrons. The average molecular weight is 605 g/mol. The molecule has 0 saturated heterocycles. The Bertz CT molecular complexity index is 811. The predicted octanol–water partition coefficient (Wildman–Crippen LogP) is 5.71. The molecule has 4 fully saturated rings. The molecule has 4 rings (SSSR count). The molecule has 6 heteroatoms. The van der Waals surface area contributed by atoms with E-state index in [-0.39, 0.29) is 12.2 Å². The van der Waals surface area contributed by atoms with Gasteiger partial charge in [0, 0.05) is 6.04 Å². The molecule has 0 amide bonds. The number of hydrogen-bond acceptors (Lipinski definition) is 6. The van der Waals surface area contributed by atoms with Crippen LogP contribution in [-0.2, 0) is 0 Å². The van der Waals surface area contributed by atoms with Gasteiger partial charge in [-0.3, -0.25) is 0 Å². The maximum atomic E-state index is 11.8. The Morgan fingerprint density at radius 2 is 1.42 bits per heavy atom. The summed E-state index contributed by atoms with van der Waals surface area (Å²) in [5.74, 6) is 4.28. The molecule has 0 aromatic rings. The topological polar surface area (TPSA) is 103 Å². The number of nitrogens with one attached hydrogen (secondary N) is 3. The predicted molar refractivity (Wildman–Crippen MR) is 181 cm³/mol. The third-order valence-corrected chi connectivity index (χ3v) is 13.6. The summed E-state index contributed by atoms with van der Waals surface area (Å²) in [5, 5.41) is 33.2. The van der Waals surface area contributed by atoms with Gasteiger partial charge in [0.1, 0.15) is 0 Å². The second kappa shape index (κ2) is 16.5. The average Bonchev–Trinajstić information content (AvgIpc) is 3.34. The Labute approximate surface area is 265 Å². The number of fused-ring (bicyclic) bond motifs is 5. The molecule has 7 N–H and O–H groups in total. The molecule has 0 aromatic heterocycles. The number of aliphatic hydroxyl groups is 2. The van der Waals surface area contributed by atoms with Gasteiger partial charge in [-0.15, -0.1) is 0 Å². The third kappa shape index (κ3) is 8.57. The molecule has 4 saturated carbocycles. The number of unbranched alkanes of at least 4 members (excludes halogenated alkanes) is 1. The van der Waals surface area contributed by atoms with Gasteiger partial charge in [-0.05, 0) is 181 Å².